The van der Waals surface area contributed by atoms with Gasteiger partial charge in [-0.25, -0.2) is 4.79 Å². The van der Waals surface area contributed by atoms with E-state index >= 15 is 0 Å². The van der Waals surface area contributed by atoms with Gasteiger partial charge in [0.1, 0.15) is 11.3 Å². The van der Waals surface area contributed by atoms with E-state index in [4.69, 9.17) is 9.47 Å². The van der Waals surface area contributed by atoms with Crippen LogP contribution >= 0.6 is 0 Å². The topological polar surface area (TPSA) is 64.6 Å². The molecule has 5 nitrogen and oxygen atoms in total. The Bertz CT molecular complexity index is 498. The van der Waals surface area contributed by atoms with Crippen LogP contribution in [0.25, 0.3) is 0 Å². The van der Waals surface area contributed by atoms with Gasteiger partial charge in [-0.3, -0.25) is 4.79 Å². The summed E-state index contributed by atoms with van der Waals surface area (Å²) in [5.41, 5.74) is 0.0896. The van der Waals surface area contributed by atoms with Crippen LogP contribution in [0.2, 0.25) is 0 Å². The van der Waals surface area contributed by atoms with Gasteiger partial charge in [-0.1, -0.05) is 25.5 Å². The molecule has 1 rings (SSSR count). The highest BCUT2D eigenvalue weighted by atomic mass is 16.5. The first kappa shape index (κ1) is 18.0. The van der Waals surface area contributed by atoms with Crippen molar-refractivity contribution in [2.45, 2.75) is 45.1 Å². The molecule has 0 bridgehead atoms. The van der Waals surface area contributed by atoms with Gasteiger partial charge in [-0.2, -0.15) is 0 Å². The quantitative estimate of drug-likeness (QED) is 0.749. The maximum absolute atomic E-state index is 12.1. The van der Waals surface area contributed by atoms with E-state index in [1.807, 2.05) is 31.2 Å². The molecule has 5 heteroatoms. The number of carbonyl (C=O) groups excluding carboxylic acids is 2. The molecule has 0 saturated carbocycles. The standard InChI is InChI=1S/C17H25NO4/c1-5-12-17(2,16(20)22-4)18-15(19)11-8-13-6-9-14(21-3)10-7-13/h6-7,9-10H,5,8,11-12H2,1-4H3,(H,18,19)/t17-/m0/s1. The van der Waals surface area contributed by atoms with Crippen LogP contribution in [0, 0.1) is 0 Å². The Kier molecular flexibility index (Phi) is 6.89. The van der Waals surface area contributed by atoms with Gasteiger partial charge in [0.25, 0.3) is 0 Å². The number of rotatable bonds is 8. The zero-order valence-corrected chi connectivity index (χ0v) is 13.8. The van der Waals surface area contributed by atoms with Crippen LogP contribution in [0.3, 0.4) is 0 Å². The summed E-state index contributed by atoms with van der Waals surface area (Å²) in [6.45, 7) is 3.66. The molecule has 0 unspecified atom stereocenters. The van der Waals surface area contributed by atoms with Crippen LogP contribution in [0.4, 0.5) is 0 Å². The van der Waals surface area contributed by atoms with Crippen molar-refractivity contribution in [3.8, 4) is 5.75 Å². The Morgan fingerprint density at radius 2 is 1.82 bits per heavy atom. The largest absolute Gasteiger partial charge is 0.497 e. The van der Waals surface area contributed by atoms with Crippen molar-refractivity contribution in [2.75, 3.05) is 14.2 Å². The molecule has 0 heterocycles. The predicted molar refractivity (Wildman–Crippen MR) is 84.8 cm³/mol. The number of nitrogens with one attached hydrogen (secondary N) is 1. The first-order chi connectivity index (χ1) is 10.4. The average molecular weight is 307 g/mol. The van der Waals surface area contributed by atoms with E-state index < -0.39 is 11.5 Å². The lowest BCUT2D eigenvalue weighted by atomic mass is 9.95. The monoisotopic (exact) mass is 307 g/mol. The molecule has 0 aliphatic rings. The van der Waals surface area contributed by atoms with E-state index in [0.29, 0.717) is 19.3 Å². The normalized spacial score (nSPS) is 13.1. The summed E-state index contributed by atoms with van der Waals surface area (Å²) in [5, 5.41) is 2.80. The first-order valence-corrected chi connectivity index (χ1v) is 7.47. The Morgan fingerprint density at radius 1 is 1.18 bits per heavy atom. The van der Waals surface area contributed by atoms with Crippen molar-refractivity contribution >= 4 is 11.9 Å². The van der Waals surface area contributed by atoms with E-state index in [1.54, 1.807) is 14.0 Å². The minimum absolute atomic E-state index is 0.155. The molecule has 1 aromatic carbocycles. The van der Waals surface area contributed by atoms with Gasteiger partial charge >= 0.3 is 5.97 Å². The lowest BCUT2D eigenvalue weighted by molar-refractivity contribution is -0.150. The Morgan fingerprint density at radius 3 is 2.32 bits per heavy atom. The number of hydrogen-bond acceptors (Lipinski definition) is 4. The predicted octanol–water partition coefficient (Wildman–Crippen LogP) is 2.48. The van der Waals surface area contributed by atoms with Crippen molar-refractivity contribution in [3.05, 3.63) is 29.8 Å². The molecule has 0 saturated heterocycles. The van der Waals surface area contributed by atoms with Gasteiger partial charge in [0.15, 0.2) is 0 Å². The van der Waals surface area contributed by atoms with Crippen LogP contribution in [-0.4, -0.2) is 31.6 Å². The Labute approximate surface area is 132 Å². The van der Waals surface area contributed by atoms with E-state index in [0.717, 1.165) is 17.7 Å². The van der Waals surface area contributed by atoms with Gasteiger partial charge < -0.3 is 14.8 Å². The molecule has 22 heavy (non-hydrogen) atoms. The smallest absolute Gasteiger partial charge is 0.331 e. The third-order valence-corrected chi connectivity index (χ3v) is 3.60. The zero-order valence-electron chi connectivity index (χ0n) is 13.8. The molecular weight excluding hydrogens is 282 g/mol. The van der Waals surface area contributed by atoms with Crippen LogP contribution in [0.5, 0.6) is 5.75 Å². The molecular formula is C17H25NO4. The number of amides is 1. The fourth-order valence-corrected chi connectivity index (χ4v) is 2.36. The molecule has 0 aliphatic carbocycles. The number of benzene rings is 1. The van der Waals surface area contributed by atoms with Gasteiger partial charge in [-0.05, 0) is 37.5 Å². The number of methoxy groups -OCH3 is 2. The highest BCUT2D eigenvalue weighted by molar-refractivity contribution is 5.87. The molecule has 122 valence electrons. The molecule has 0 aromatic heterocycles. The fourth-order valence-electron chi connectivity index (χ4n) is 2.36. The van der Waals surface area contributed by atoms with Gasteiger partial charge in [0.2, 0.25) is 5.91 Å². The molecule has 0 fully saturated rings. The summed E-state index contributed by atoms with van der Waals surface area (Å²) < 4.78 is 9.89. The Hall–Kier alpha value is -2.04. The van der Waals surface area contributed by atoms with Gasteiger partial charge in [0.05, 0.1) is 14.2 Å². The molecule has 0 aliphatic heterocycles. The SMILES string of the molecule is CCC[C@](C)(NC(=O)CCc1ccc(OC)cc1)C(=O)OC. The van der Waals surface area contributed by atoms with E-state index in [-0.39, 0.29) is 5.91 Å². The summed E-state index contributed by atoms with van der Waals surface area (Å²) in [6, 6.07) is 7.58. The third kappa shape index (κ3) is 5.06. The van der Waals surface area contributed by atoms with Crippen molar-refractivity contribution < 1.29 is 19.1 Å². The second-order valence-electron chi connectivity index (χ2n) is 5.47. The number of esters is 1. The highest BCUT2D eigenvalue weighted by Gasteiger charge is 2.34. The van der Waals surface area contributed by atoms with Crippen LogP contribution in [0.15, 0.2) is 24.3 Å². The van der Waals surface area contributed by atoms with Crippen LogP contribution in [0.1, 0.15) is 38.7 Å². The van der Waals surface area contributed by atoms with Crippen molar-refractivity contribution in [1.82, 2.24) is 5.32 Å². The molecule has 1 amide bonds. The van der Waals surface area contributed by atoms with Crippen molar-refractivity contribution in [2.24, 2.45) is 0 Å². The lowest BCUT2D eigenvalue weighted by Crippen LogP contribution is -2.52. The molecule has 1 atom stereocenters. The van der Waals surface area contributed by atoms with E-state index in [1.165, 1.54) is 7.11 Å². The van der Waals surface area contributed by atoms with Gasteiger partial charge in [-0.15, -0.1) is 0 Å². The highest BCUT2D eigenvalue weighted by Crippen LogP contribution is 2.16. The molecule has 1 N–H and O–H groups in total. The summed E-state index contributed by atoms with van der Waals surface area (Å²) >= 11 is 0. The number of ether oxygens (including phenoxy) is 2. The van der Waals surface area contributed by atoms with Crippen molar-refractivity contribution in [3.63, 3.8) is 0 Å². The second kappa shape index (κ2) is 8.41. The van der Waals surface area contributed by atoms with E-state index in [9.17, 15) is 9.59 Å². The molecule has 0 radical (unpaired) electrons. The van der Waals surface area contributed by atoms with E-state index in [2.05, 4.69) is 5.32 Å². The summed E-state index contributed by atoms with van der Waals surface area (Å²) in [7, 11) is 2.95. The summed E-state index contributed by atoms with van der Waals surface area (Å²) in [4.78, 5) is 24.0. The summed E-state index contributed by atoms with van der Waals surface area (Å²) in [5.74, 6) is 0.221. The molecule has 0 spiro atoms. The fraction of sp³-hybridized carbons (Fsp3) is 0.529. The number of aryl methyl sites for hydroxylation is 1. The van der Waals surface area contributed by atoms with Gasteiger partial charge in [0, 0.05) is 6.42 Å². The Balaban J connectivity index is 2.58. The zero-order chi connectivity index (χ0) is 16.6. The third-order valence-electron chi connectivity index (χ3n) is 3.60. The maximum Gasteiger partial charge on any atom is 0.331 e. The first-order valence-electron chi connectivity index (χ1n) is 7.47. The second-order valence-corrected chi connectivity index (χ2v) is 5.47. The maximum atomic E-state index is 12.1. The lowest BCUT2D eigenvalue weighted by Gasteiger charge is -2.27. The molecule has 1 aromatic rings. The minimum Gasteiger partial charge on any atom is -0.497 e. The summed E-state index contributed by atoms with van der Waals surface area (Å²) in [6.07, 6.45) is 2.26. The van der Waals surface area contributed by atoms with Crippen LogP contribution in [-0.2, 0) is 20.7 Å². The number of carbonyl (C=O) groups is 2. The number of hydrogen-bond donors (Lipinski definition) is 1. The van der Waals surface area contributed by atoms with Crippen LogP contribution < -0.4 is 10.1 Å². The van der Waals surface area contributed by atoms with Crippen molar-refractivity contribution in [1.29, 1.82) is 0 Å². The average Bonchev–Trinajstić information content (AvgIpc) is 2.52. The minimum atomic E-state index is -0.958.